The van der Waals surface area contributed by atoms with Crippen molar-refractivity contribution < 1.29 is 38.0 Å². The number of rotatable bonds is 28. The second kappa shape index (κ2) is 33.8. The summed E-state index contributed by atoms with van der Waals surface area (Å²) in [7, 11) is 11.7. The lowest BCUT2D eigenvalue weighted by Crippen LogP contribution is -2.09. The van der Waals surface area contributed by atoms with E-state index in [1.165, 1.54) is 0 Å². The van der Waals surface area contributed by atoms with Gasteiger partial charge in [-0.1, -0.05) is 97.1 Å². The summed E-state index contributed by atoms with van der Waals surface area (Å²) in [4.78, 5) is 20.6. The highest BCUT2D eigenvalue weighted by molar-refractivity contribution is 5.90. The molecule has 106 heavy (non-hydrogen) atoms. The van der Waals surface area contributed by atoms with Crippen LogP contribution in [0.1, 0.15) is 54.9 Å². The number of carbonyl (C=O) groups is 1. The molecule has 0 saturated heterocycles. The Hall–Kier alpha value is -13.7. The summed E-state index contributed by atoms with van der Waals surface area (Å²) in [6.07, 6.45) is 18.4. The largest absolute Gasteiger partial charge is 0.497 e. The number of hydrogen-bond acceptors (Lipinski definition) is 12. The summed E-state index contributed by atoms with van der Waals surface area (Å²) < 4.78 is 38.9. The van der Waals surface area contributed by atoms with Crippen molar-refractivity contribution in [1.82, 2.24) is 0 Å². The number of carbonyl (C=O) groups excluding carboxylic acids is 1. The van der Waals surface area contributed by atoms with Crippen LogP contribution >= 0.6 is 0 Å². The van der Waals surface area contributed by atoms with Crippen LogP contribution in [-0.2, 0) is 0 Å². The lowest BCUT2D eigenvalue weighted by atomic mass is 9.95. The second-order valence-electron chi connectivity index (χ2n) is 24.7. The maximum Gasteiger partial charge on any atom is 0.150 e. The third kappa shape index (κ3) is 16.9. The monoisotopic (exact) mass is 1390 g/mol. The molecule has 13 aromatic rings. The summed E-state index contributed by atoms with van der Waals surface area (Å²) in [5, 5.41) is 0. The van der Waals surface area contributed by atoms with Crippen molar-refractivity contribution in [3.8, 4) is 40.2 Å². The van der Waals surface area contributed by atoms with Crippen molar-refractivity contribution in [3.05, 3.63) is 353 Å². The molecule has 0 radical (unpaired) electrons. The van der Waals surface area contributed by atoms with Gasteiger partial charge in [0.2, 0.25) is 0 Å². The highest BCUT2D eigenvalue weighted by Crippen LogP contribution is 2.42. The zero-order chi connectivity index (χ0) is 73.1. The van der Waals surface area contributed by atoms with Crippen LogP contribution in [0, 0.1) is 0 Å². The van der Waals surface area contributed by atoms with Crippen molar-refractivity contribution in [3.63, 3.8) is 0 Å². The third-order valence-electron chi connectivity index (χ3n) is 18.3. The molecule has 0 spiro atoms. The average molecular weight is 1390 g/mol. The maximum atomic E-state index is 11.8. The van der Waals surface area contributed by atoms with E-state index in [0.29, 0.717) is 5.56 Å². The van der Waals surface area contributed by atoms with Crippen LogP contribution in [-0.4, -0.2) is 56.1 Å². The average Bonchev–Trinajstić information content (AvgIpc) is 0.826. The standard InChI is InChI=1S/C94H80N4O8/c1-100-88-50-36-81(37-51-88)95(80-34-20-71(66-99)21-35-80)76-26-12-67(13-27-76)8-22-72-64-74(24-10-69-16-30-78(31-17-69)97(84-42-56-91(103-4)57-43-84)85-44-58-92(104-5)59-45-85)75(25-11-70-18-32-79(33-19-70)98(86-46-60-93(105-6)61-47-86)87-48-62-94(106-7)63-49-87)65-73(72)23-9-68-14-28-77(29-15-68)96(82-38-52-89(101-2)53-39-82)83-40-54-90(102-3)55-41-83/h8-66H,1-7H3/b22-8+,23-9+,24-10+,25-11+. The number of ether oxygens (including phenoxy) is 7. The Kier molecular flexibility index (Phi) is 22.6. The predicted molar refractivity (Wildman–Crippen MR) is 438 cm³/mol. The van der Waals surface area contributed by atoms with Crippen molar-refractivity contribution >= 4 is 123 Å². The molecule has 13 rings (SSSR count). The molecule has 0 saturated carbocycles. The highest BCUT2D eigenvalue weighted by atomic mass is 16.5. The molecule has 0 heterocycles. The van der Waals surface area contributed by atoms with Gasteiger partial charge >= 0.3 is 0 Å². The number of aldehydes is 1. The van der Waals surface area contributed by atoms with Gasteiger partial charge in [-0.25, -0.2) is 0 Å². The van der Waals surface area contributed by atoms with Crippen molar-refractivity contribution in [2.45, 2.75) is 0 Å². The van der Waals surface area contributed by atoms with E-state index in [1.54, 1.807) is 49.8 Å². The Morgan fingerprint density at radius 2 is 0.311 bits per heavy atom. The fourth-order valence-corrected chi connectivity index (χ4v) is 12.5. The van der Waals surface area contributed by atoms with Gasteiger partial charge in [-0.05, 0) is 299 Å². The zero-order valence-electron chi connectivity index (χ0n) is 60.1. The fraction of sp³-hybridized carbons (Fsp3) is 0.0745. The molecular formula is C94H80N4O8. The Labute approximate surface area is 620 Å². The molecule has 12 nitrogen and oxygen atoms in total. The number of anilines is 12. The SMILES string of the molecule is COc1ccc(N(c2ccc(C=O)cc2)c2ccc(/C=C/c3cc(/C=C/c4ccc(N(c5ccc(OC)cc5)c5ccc(OC)cc5)cc4)c(/C=C/c4ccc(N(c5ccc(OC)cc5)c5ccc(OC)cc5)cc4)cc3/C=C/c3ccc(N(c4ccc(OC)cc4)c4ccc(OC)cc4)cc3)cc2)cc1. The van der Waals surface area contributed by atoms with Gasteiger partial charge in [-0.3, -0.25) is 4.79 Å². The van der Waals surface area contributed by atoms with Crippen molar-refractivity contribution in [2.24, 2.45) is 0 Å². The summed E-state index contributed by atoms with van der Waals surface area (Å²) in [6.45, 7) is 0. The number of nitrogens with zero attached hydrogens (tertiary/aromatic N) is 4. The van der Waals surface area contributed by atoms with E-state index in [4.69, 9.17) is 33.2 Å². The molecule has 0 amide bonds. The first-order valence-corrected chi connectivity index (χ1v) is 34.6. The number of benzene rings is 13. The normalized spacial score (nSPS) is 11.2. The first-order valence-electron chi connectivity index (χ1n) is 34.6. The van der Waals surface area contributed by atoms with Crippen LogP contribution in [0.2, 0.25) is 0 Å². The molecule has 0 fully saturated rings. The smallest absolute Gasteiger partial charge is 0.150 e. The Bertz CT molecular complexity index is 4870. The number of hydrogen-bond donors (Lipinski definition) is 0. The Morgan fingerprint density at radius 1 is 0.179 bits per heavy atom. The van der Waals surface area contributed by atoms with Gasteiger partial charge in [0.25, 0.3) is 0 Å². The van der Waals surface area contributed by atoms with E-state index in [1.807, 2.05) is 121 Å². The molecule has 0 aliphatic rings. The quantitative estimate of drug-likeness (QED) is 0.0345. The minimum Gasteiger partial charge on any atom is -0.497 e. The van der Waals surface area contributed by atoms with Crippen LogP contribution in [0.3, 0.4) is 0 Å². The lowest BCUT2D eigenvalue weighted by molar-refractivity contribution is 0.112. The summed E-state index contributed by atoms with van der Waals surface area (Å²) >= 11 is 0. The molecule has 0 atom stereocenters. The van der Waals surface area contributed by atoms with Crippen LogP contribution < -0.4 is 52.8 Å². The first kappa shape index (κ1) is 70.7. The zero-order valence-corrected chi connectivity index (χ0v) is 60.1. The van der Waals surface area contributed by atoms with E-state index in [-0.39, 0.29) is 0 Å². The molecule has 0 aliphatic heterocycles. The van der Waals surface area contributed by atoms with Gasteiger partial charge < -0.3 is 52.8 Å². The summed E-state index contributed by atoms with van der Waals surface area (Å²) in [6, 6.07) is 103. The predicted octanol–water partition coefficient (Wildman–Crippen LogP) is 24.1. The highest BCUT2D eigenvalue weighted by Gasteiger charge is 2.19. The number of methoxy groups -OCH3 is 7. The molecule has 13 aromatic carbocycles. The van der Waals surface area contributed by atoms with Crippen LogP contribution in [0.15, 0.2) is 303 Å². The lowest BCUT2D eigenvalue weighted by Gasteiger charge is -2.26. The topological polar surface area (TPSA) is 94.6 Å². The van der Waals surface area contributed by atoms with Gasteiger partial charge in [0.05, 0.1) is 49.8 Å². The molecule has 0 bridgehead atoms. The minimum atomic E-state index is 0.602. The van der Waals surface area contributed by atoms with Crippen molar-refractivity contribution in [1.29, 1.82) is 0 Å². The van der Waals surface area contributed by atoms with Gasteiger partial charge in [-0.15, -0.1) is 0 Å². The van der Waals surface area contributed by atoms with E-state index < -0.39 is 0 Å². The van der Waals surface area contributed by atoms with E-state index in [9.17, 15) is 4.79 Å². The van der Waals surface area contributed by atoms with E-state index in [2.05, 4.69) is 250 Å². The first-order chi connectivity index (χ1) is 52.1. The van der Waals surface area contributed by atoms with Crippen molar-refractivity contribution in [2.75, 3.05) is 69.4 Å². The third-order valence-corrected chi connectivity index (χ3v) is 18.3. The molecule has 0 aliphatic carbocycles. The van der Waals surface area contributed by atoms with Crippen LogP contribution in [0.4, 0.5) is 68.2 Å². The summed E-state index contributed by atoms with van der Waals surface area (Å²) in [5.74, 6) is 5.42. The Balaban J connectivity index is 0.906. The Morgan fingerprint density at radius 3 is 0.443 bits per heavy atom. The van der Waals surface area contributed by atoms with E-state index >= 15 is 0 Å². The van der Waals surface area contributed by atoms with Gasteiger partial charge in [0.1, 0.15) is 46.5 Å². The summed E-state index contributed by atoms with van der Waals surface area (Å²) in [5.41, 5.74) is 20.3. The molecule has 524 valence electrons. The minimum absolute atomic E-state index is 0.602. The van der Waals surface area contributed by atoms with Crippen LogP contribution in [0.25, 0.3) is 48.6 Å². The molecule has 0 N–H and O–H groups in total. The fourth-order valence-electron chi connectivity index (χ4n) is 12.5. The molecule has 0 aromatic heterocycles. The van der Waals surface area contributed by atoms with E-state index in [0.717, 1.165) is 159 Å². The molecular weight excluding hydrogens is 1310 g/mol. The molecule has 12 heteroatoms. The van der Waals surface area contributed by atoms with Crippen LogP contribution in [0.5, 0.6) is 40.2 Å². The van der Waals surface area contributed by atoms with Gasteiger partial charge in [0.15, 0.2) is 0 Å². The van der Waals surface area contributed by atoms with Gasteiger partial charge in [0, 0.05) is 73.8 Å². The molecule has 0 unspecified atom stereocenters. The maximum absolute atomic E-state index is 11.8. The second-order valence-corrected chi connectivity index (χ2v) is 24.7. The van der Waals surface area contributed by atoms with Gasteiger partial charge in [-0.2, -0.15) is 0 Å².